The Morgan fingerprint density at radius 2 is 1.63 bits per heavy atom. The van der Waals surface area contributed by atoms with Crippen LogP contribution in [0, 0.1) is 0 Å². The number of rotatable bonds is 8. The third-order valence-electron chi connectivity index (χ3n) is 5.42. The number of carbonyl (C=O) groups is 3. The van der Waals surface area contributed by atoms with E-state index in [1.807, 2.05) is 37.3 Å². The van der Waals surface area contributed by atoms with E-state index in [4.69, 9.17) is 14.2 Å². The van der Waals surface area contributed by atoms with Crippen molar-refractivity contribution in [1.29, 1.82) is 0 Å². The number of anilines is 1. The summed E-state index contributed by atoms with van der Waals surface area (Å²) >= 11 is 0. The van der Waals surface area contributed by atoms with Crippen LogP contribution < -0.4 is 25.0 Å². The molecular weight excluding hydrogens is 486 g/mol. The van der Waals surface area contributed by atoms with Gasteiger partial charge in [0.25, 0.3) is 0 Å². The fourth-order valence-corrected chi connectivity index (χ4v) is 3.59. The standard InChI is InChI=1S/C29H25N3O6/c1-3-37-22-14-12-21(13-15-22)29(35)38-25-16-11-19(17-26(25)36-2)18-30-32-28(34)27(33)31-24-10-6-8-20-7-4-5-9-23(20)24/h4-18H,3H2,1-2H3,(H,31,33)(H,32,34). The van der Waals surface area contributed by atoms with Crippen LogP contribution in [0.4, 0.5) is 5.69 Å². The van der Waals surface area contributed by atoms with Gasteiger partial charge in [0.05, 0.1) is 25.5 Å². The number of esters is 1. The van der Waals surface area contributed by atoms with Crippen molar-refractivity contribution in [1.82, 2.24) is 5.43 Å². The Labute approximate surface area is 219 Å². The molecule has 0 saturated carbocycles. The molecular formula is C29H25N3O6. The van der Waals surface area contributed by atoms with Gasteiger partial charge in [-0.2, -0.15) is 5.10 Å². The Bertz CT molecular complexity index is 1490. The summed E-state index contributed by atoms with van der Waals surface area (Å²) in [6, 6.07) is 24.3. The van der Waals surface area contributed by atoms with Crippen LogP contribution in [0.25, 0.3) is 10.8 Å². The van der Waals surface area contributed by atoms with Crippen molar-refractivity contribution in [2.24, 2.45) is 5.10 Å². The Balaban J connectivity index is 1.36. The average molecular weight is 512 g/mol. The summed E-state index contributed by atoms with van der Waals surface area (Å²) in [6.45, 7) is 2.40. The van der Waals surface area contributed by atoms with Crippen LogP contribution in [-0.2, 0) is 9.59 Å². The predicted molar refractivity (Wildman–Crippen MR) is 144 cm³/mol. The van der Waals surface area contributed by atoms with E-state index >= 15 is 0 Å². The van der Waals surface area contributed by atoms with E-state index in [0.717, 1.165) is 10.8 Å². The van der Waals surface area contributed by atoms with Gasteiger partial charge in [0.15, 0.2) is 11.5 Å². The van der Waals surface area contributed by atoms with Crippen molar-refractivity contribution < 1.29 is 28.6 Å². The minimum atomic E-state index is -0.929. The highest BCUT2D eigenvalue weighted by Gasteiger charge is 2.15. The Morgan fingerprint density at radius 3 is 2.39 bits per heavy atom. The fourth-order valence-electron chi connectivity index (χ4n) is 3.59. The summed E-state index contributed by atoms with van der Waals surface area (Å²) in [5.74, 6) is -1.19. The Hall–Kier alpha value is -5.18. The molecule has 0 spiro atoms. The summed E-state index contributed by atoms with van der Waals surface area (Å²) in [7, 11) is 1.43. The molecule has 9 nitrogen and oxygen atoms in total. The van der Waals surface area contributed by atoms with Gasteiger partial charge < -0.3 is 19.5 Å². The lowest BCUT2D eigenvalue weighted by Crippen LogP contribution is -2.32. The summed E-state index contributed by atoms with van der Waals surface area (Å²) in [5, 5.41) is 8.19. The first-order valence-corrected chi connectivity index (χ1v) is 11.7. The highest BCUT2D eigenvalue weighted by molar-refractivity contribution is 6.40. The predicted octanol–water partition coefficient (Wildman–Crippen LogP) is 4.56. The number of ether oxygens (including phenoxy) is 3. The zero-order valence-corrected chi connectivity index (χ0v) is 20.8. The third-order valence-corrected chi connectivity index (χ3v) is 5.42. The highest BCUT2D eigenvalue weighted by atomic mass is 16.6. The summed E-state index contributed by atoms with van der Waals surface area (Å²) in [6.07, 6.45) is 1.34. The quantitative estimate of drug-likeness (QED) is 0.118. The lowest BCUT2D eigenvalue weighted by molar-refractivity contribution is -0.136. The minimum Gasteiger partial charge on any atom is -0.494 e. The van der Waals surface area contributed by atoms with Crippen molar-refractivity contribution >= 4 is 40.5 Å². The third kappa shape index (κ3) is 6.33. The Morgan fingerprint density at radius 1 is 0.868 bits per heavy atom. The van der Waals surface area contributed by atoms with E-state index in [9.17, 15) is 14.4 Å². The molecule has 0 fully saturated rings. The summed E-state index contributed by atoms with van der Waals surface area (Å²) in [5.41, 5.74) is 3.61. The van der Waals surface area contributed by atoms with Gasteiger partial charge in [0.2, 0.25) is 0 Å². The second-order valence-electron chi connectivity index (χ2n) is 7.94. The number of hydrogen-bond acceptors (Lipinski definition) is 7. The van der Waals surface area contributed by atoms with E-state index in [-0.39, 0.29) is 11.5 Å². The second kappa shape index (κ2) is 12.2. The van der Waals surface area contributed by atoms with E-state index in [2.05, 4.69) is 15.8 Å². The molecule has 4 aromatic carbocycles. The number of benzene rings is 4. The van der Waals surface area contributed by atoms with Crippen molar-refractivity contribution in [3.05, 3.63) is 96.1 Å². The summed E-state index contributed by atoms with van der Waals surface area (Å²) < 4.78 is 16.2. The lowest BCUT2D eigenvalue weighted by Gasteiger charge is -2.10. The first-order chi connectivity index (χ1) is 18.5. The van der Waals surface area contributed by atoms with Crippen molar-refractivity contribution in [2.75, 3.05) is 19.0 Å². The molecule has 2 amide bonds. The van der Waals surface area contributed by atoms with Crippen molar-refractivity contribution in [2.45, 2.75) is 6.92 Å². The molecule has 9 heteroatoms. The molecule has 0 aromatic heterocycles. The van der Waals surface area contributed by atoms with Crippen molar-refractivity contribution in [3.63, 3.8) is 0 Å². The molecule has 0 bridgehead atoms. The molecule has 4 rings (SSSR count). The van der Waals surface area contributed by atoms with Gasteiger partial charge in [-0.15, -0.1) is 0 Å². The fraction of sp³-hybridized carbons (Fsp3) is 0.103. The number of hydrogen-bond donors (Lipinski definition) is 2. The molecule has 0 atom stereocenters. The lowest BCUT2D eigenvalue weighted by atomic mass is 10.1. The molecule has 192 valence electrons. The topological polar surface area (TPSA) is 115 Å². The molecule has 0 aliphatic carbocycles. The molecule has 0 radical (unpaired) electrons. The largest absolute Gasteiger partial charge is 0.494 e. The first kappa shape index (κ1) is 25.9. The van der Waals surface area contributed by atoms with Crippen LogP contribution in [0.15, 0.2) is 90.0 Å². The monoisotopic (exact) mass is 511 g/mol. The highest BCUT2D eigenvalue weighted by Crippen LogP contribution is 2.28. The van der Waals surface area contributed by atoms with Crippen LogP contribution in [-0.4, -0.2) is 37.7 Å². The molecule has 2 N–H and O–H groups in total. The number of nitrogens with one attached hydrogen (secondary N) is 2. The molecule has 0 heterocycles. The number of methoxy groups -OCH3 is 1. The van der Waals surface area contributed by atoms with E-state index in [1.54, 1.807) is 54.6 Å². The molecule has 4 aromatic rings. The number of carbonyl (C=O) groups excluding carboxylic acids is 3. The number of hydrazone groups is 1. The molecule has 0 unspecified atom stereocenters. The van der Waals surface area contributed by atoms with E-state index in [1.165, 1.54) is 13.3 Å². The zero-order valence-electron chi connectivity index (χ0n) is 20.8. The van der Waals surface area contributed by atoms with E-state index in [0.29, 0.717) is 29.2 Å². The smallest absolute Gasteiger partial charge is 0.343 e. The normalized spacial score (nSPS) is 10.7. The number of fused-ring (bicyclic) bond motifs is 1. The van der Waals surface area contributed by atoms with Gasteiger partial charge in [-0.1, -0.05) is 36.4 Å². The van der Waals surface area contributed by atoms with Gasteiger partial charge >= 0.3 is 17.8 Å². The van der Waals surface area contributed by atoms with Crippen molar-refractivity contribution in [3.8, 4) is 17.2 Å². The maximum absolute atomic E-state index is 12.5. The van der Waals surface area contributed by atoms with Crippen LogP contribution in [0.2, 0.25) is 0 Å². The van der Waals surface area contributed by atoms with Crippen LogP contribution in [0.1, 0.15) is 22.8 Å². The number of amides is 2. The van der Waals surface area contributed by atoms with Crippen LogP contribution >= 0.6 is 0 Å². The van der Waals surface area contributed by atoms with Gasteiger partial charge in [0.1, 0.15) is 5.75 Å². The van der Waals surface area contributed by atoms with Gasteiger partial charge in [-0.05, 0) is 66.4 Å². The van der Waals surface area contributed by atoms with Crippen LogP contribution in [0.5, 0.6) is 17.2 Å². The van der Waals surface area contributed by atoms with E-state index < -0.39 is 17.8 Å². The second-order valence-corrected chi connectivity index (χ2v) is 7.94. The SMILES string of the molecule is CCOc1ccc(C(=O)Oc2ccc(C=NNC(=O)C(=O)Nc3cccc4ccccc34)cc2OC)cc1. The van der Waals surface area contributed by atoms with Gasteiger partial charge in [-0.25, -0.2) is 10.2 Å². The maximum Gasteiger partial charge on any atom is 0.343 e. The maximum atomic E-state index is 12.5. The Kier molecular flexibility index (Phi) is 8.30. The molecule has 0 aliphatic heterocycles. The number of nitrogens with zero attached hydrogens (tertiary/aromatic N) is 1. The first-order valence-electron chi connectivity index (χ1n) is 11.7. The van der Waals surface area contributed by atoms with Crippen LogP contribution in [0.3, 0.4) is 0 Å². The molecule has 0 aliphatic rings. The molecule has 0 saturated heterocycles. The zero-order chi connectivity index (χ0) is 26.9. The average Bonchev–Trinajstić information content (AvgIpc) is 2.94. The molecule has 38 heavy (non-hydrogen) atoms. The van der Waals surface area contributed by atoms with Gasteiger partial charge in [-0.3, -0.25) is 9.59 Å². The minimum absolute atomic E-state index is 0.210. The summed E-state index contributed by atoms with van der Waals surface area (Å²) in [4.78, 5) is 37.1. The van der Waals surface area contributed by atoms with Gasteiger partial charge in [0, 0.05) is 11.1 Å².